The number of carbonyl (C=O) groups is 1. The number of ether oxygens (including phenoxy) is 2. The highest BCUT2D eigenvalue weighted by Crippen LogP contribution is 2.27. The molecule has 100 valence electrons. The summed E-state index contributed by atoms with van der Waals surface area (Å²) in [5.41, 5.74) is 2.91. The van der Waals surface area contributed by atoms with Crippen LogP contribution in [0, 0.1) is 0 Å². The summed E-state index contributed by atoms with van der Waals surface area (Å²) in [6.45, 7) is 0. The van der Waals surface area contributed by atoms with Gasteiger partial charge in [-0.05, 0) is 24.3 Å². The maximum atomic E-state index is 12.0. The number of para-hydroxylation sites is 2. The molecule has 0 saturated heterocycles. The predicted molar refractivity (Wildman–Crippen MR) is 74.9 cm³/mol. The van der Waals surface area contributed by atoms with Gasteiger partial charge < -0.3 is 9.47 Å². The third-order valence-electron chi connectivity index (χ3n) is 3.08. The molecule has 0 aliphatic rings. The second-order valence-electron chi connectivity index (χ2n) is 4.21. The zero-order valence-electron chi connectivity index (χ0n) is 11.1. The molecule has 0 atom stereocenters. The molecule has 3 rings (SSSR count). The molecule has 5 nitrogen and oxygen atoms in total. The van der Waals surface area contributed by atoms with Gasteiger partial charge in [-0.25, -0.2) is 14.8 Å². The highest BCUT2D eigenvalue weighted by atomic mass is 16.5. The first-order chi connectivity index (χ1) is 9.74. The molecule has 0 spiro atoms. The molecule has 0 aliphatic carbocycles. The minimum Gasteiger partial charge on any atom is -0.496 e. The largest absolute Gasteiger partial charge is 0.496 e. The van der Waals surface area contributed by atoms with Gasteiger partial charge in [-0.2, -0.15) is 0 Å². The summed E-state index contributed by atoms with van der Waals surface area (Å²) in [5, 5.41) is 0. The molecule has 0 amide bonds. The van der Waals surface area contributed by atoms with Gasteiger partial charge >= 0.3 is 5.97 Å². The lowest BCUT2D eigenvalue weighted by molar-refractivity contribution is 0.0599. The summed E-state index contributed by atoms with van der Waals surface area (Å²) in [6, 6.07) is 11.0. The van der Waals surface area contributed by atoms with E-state index in [1.54, 1.807) is 12.1 Å². The molecule has 0 bridgehead atoms. The lowest BCUT2D eigenvalue weighted by Gasteiger charge is -2.09. The van der Waals surface area contributed by atoms with Crippen LogP contribution < -0.4 is 4.74 Å². The van der Waals surface area contributed by atoms with Crippen LogP contribution in [-0.2, 0) is 4.74 Å². The fourth-order valence-corrected chi connectivity index (χ4v) is 2.14. The molecule has 1 aromatic heterocycles. The van der Waals surface area contributed by atoms with Crippen LogP contribution in [0.25, 0.3) is 22.1 Å². The molecule has 1 heterocycles. The number of hydrogen-bond donors (Lipinski definition) is 0. The minimum atomic E-state index is -0.489. The van der Waals surface area contributed by atoms with Crippen LogP contribution in [0.15, 0.2) is 36.4 Å². The molecule has 0 radical (unpaired) electrons. The molecule has 0 unspecified atom stereocenters. The van der Waals surface area contributed by atoms with E-state index in [2.05, 4.69) is 9.97 Å². The van der Waals surface area contributed by atoms with Crippen LogP contribution in [0.3, 0.4) is 0 Å². The molecule has 0 aliphatic heterocycles. The van der Waals surface area contributed by atoms with E-state index in [9.17, 15) is 4.79 Å². The first kappa shape index (κ1) is 12.3. The summed E-state index contributed by atoms with van der Waals surface area (Å²) >= 11 is 0. The lowest BCUT2D eigenvalue weighted by atomic mass is 10.1. The maximum absolute atomic E-state index is 12.0. The highest BCUT2D eigenvalue weighted by Gasteiger charge is 2.19. The van der Waals surface area contributed by atoms with Crippen molar-refractivity contribution >= 4 is 28.0 Å². The van der Waals surface area contributed by atoms with Crippen molar-refractivity contribution in [1.82, 2.24) is 9.97 Å². The molecule has 5 heteroatoms. The number of hydrogen-bond acceptors (Lipinski definition) is 5. The van der Waals surface area contributed by atoms with Gasteiger partial charge in [-0.3, -0.25) is 0 Å². The number of benzene rings is 2. The van der Waals surface area contributed by atoms with E-state index in [-0.39, 0.29) is 0 Å². The minimum absolute atomic E-state index is 0.297. The smallest absolute Gasteiger partial charge is 0.343 e. The van der Waals surface area contributed by atoms with Crippen molar-refractivity contribution in [1.29, 1.82) is 0 Å². The van der Waals surface area contributed by atoms with Gasteiger partial charge in [-0.1, -0.05) is 12.1 Å². The van der Waals surface area contributed by atoms with Crippen molar-refractivity contribution in [3.05, 3.63) is 42.0 Å². The van der Waals surface area contributed by atoms with Gasteiger partial charge in [0.25, 0.3) is 0 Å². The molecule has 2 aromatic carbocycles. The number of rotatable bonds is 2. The summed E-state index contributed by atoms with van der Waals surface area (Å²) in [5.74, 6) is -0.0639. The lowest BCUT2D eigenvalue weighted by Crippen LogP contribution is -2.06. The van der Waals surface area contributed by atoms with Crippen molar-refractivity contribution in [3.63, 3.8) is 0 Å². The zero-order valence-corrected chi connectivity index (χ0v) is 11.1. The van der Waals surface area contributed by atoms with Crippen LogP contribution in [0.5, 0.6) is 5.75 Å². The standard InChI is InChI=1S/C15H12N2O3/c1-19-12-8-7-11-14(13(12)15(18)20-2)17-10-6-4-3-5-9(10)16-11/h3-8H,1-2H3. The van der Waals surface area contributed by atoms with Crippen LogP contribution in [0.1, 0.15) is 10.4 Å². The Kier molecular flexibility index (Phi) is 2.95. The maximum Gasteiger partial charge on any atom is 0.343 e. The van der Waals surface area contributed by atoms with Crippen LogP contribution in [0.4, 0.5) is 0 Å². The third kappa shape index (κ3) is 1.84. The van der Waals surface area contributed by atoms with Gasteiger partial charge in [0.1, 0.15) is 16.8 Å². The van der Waals surface area contributed by atoms with Crippen molar-refractivity contribution in [2.24, 2.45) is 0 Å². The summed E-state index contributed by atoms with van der Waals surface area (Å²) in [7, 11) is 2.83. The Morgan fingerprint density at radius 2 is 1.65 bits per heavy atom. The third-order valence-corrected chi connectivity index (χ3v) is 3.08. The van der Waals surface area contributed by atoms with Gasteiger partial charge in [-0.15, -0.1) is 0 Å². The molecular weight excluding hydrogens is 256 g/mol. The molecule has 0 fully saturated rings. The van der Waals surface area contributed by atoms with E-state index in [0.717, 1.165) is 11.0 Å². The Hall–Kier alpha value is -2.69. The Bertz CT molecular complexity index is 815. The Labute approximate surface area is 115 Å². The normalized spacial score (nSPS) is 10.7. The average Bonchev–Trinajstić information content (AvgIpc) is 2.51. The highest BCUT2D eigenvalue weighted by molar-refractivity contribution is 6.05. The fraction of sp³-hybridized carbons (Fsp3) is 0.133. The number of carbonyl (C=O) groups excluding carboxylic acids is 1. The molecular formula is C15H12N2O3. The fourth-order valence-electron chi connectivity index (χ4n) is 2.14. The van der Waals surface area contributed by atoms with Crippen LogP contribution >= 0.6 is 0 Å². The van der Waals surface area contributed by atoms with E-state index in [1.807, 2.05) is 24.3 Å². The summed E-state index contributed by atoms with van der Waals surface area (Å²) in [6.07, 6.45) is 0. The predicted octanol–water partition coefficient (Wildman–Crippen LogP) is 2.58. The number of aromatic nitrogens is 2. The molecule has 0 N–H and O–H groups in total. The molecule has 3 aromatic rings. The van der Waals surface area contributed by atoms with E-state index in [4.69, 9.17) is 9.47 Å². The number of esters is 1. The number of nitrogens with zero attached hydrogens (tertiary/aromatic N) is 2. The zero-order chi connectivity index (χ0) is 14.1. The van der Waals surface area contributed by atoms with E-state index < -0.39 is 5.97 Å². The molecule has 0 saturated carbocycles. The SMILES string of the molecule is COC(=O)c1c(OC)ccc2nc3ccccc3nc12. The first-order valence-corrected chi connectivity index (χ1v) is 6.06. The van der Waals surface area contributed by atoms with Crippen LogP contribution in [0.2, 0.25) is 0 Å². The summed E-state index contributed by atoms with van der Waals surface area (Å²) < 4.78 is 10.0. The van der Waals surface area contributed by atoms with E-state index >= 15 is 0 Å². The van der Waals surface area contributed by atoms with Gasteiger partial charge in [0, 0.05) is 0 Å². The monoisotopic (exact) mass is 268 g/mol. The topological polar surface area (TPSA) is 61.3 Å². The van der Waals surface area contributed by atoms with Gasteiger partial charge in [0.2, 0.25) is 0 Å². The van der Waals surface area contributed by atoms with Crippen molar-refractivity contribution in [2.75, 3.05) is 14.2 Å². The quantitative estimate of drug-likeness (QED) is 0.528. The van der Waals surface area contributed by atoms with E-state index in [0.29, 0.717) is 22.3 Å². The first-order valence-electron chi connectivity index (χ1n) is 6.06. The van der Waals surface area contributed by atoms with E-state index in [1.165, 1.54) is 14.2 Å². The second-order valence-corrected chi connectivity index (χ2v) is 4.21. The average molecular weight is 268 g/mol. The Morgan fingerprint density at radius 1 is 0.950 bits per heavy atom. The Balaban J connectivity index is 2.42. The van der Waals surface area contributed by atoms with Crippen LogP contribution in [-0.4, -0.2) is 30.2 Å². The summed E-state index contributed by atoms with van der Waals surface area (Å²) in [4.78, 5) is 21.0. The van der Waals surface area contributed by atoms with Gasteiger partial charge in [0.15, 0.2) is 0 Å². The molecule has 20 heavy (non-hydrogen) atoms. The second kappa shape index (κ2) is 4.77. The van der Waals surface area contributed by atoms with Crippen molar-refractivity contribution < 1.29 is 14.3 Å². The van der Waals surface area contributed by atoms with Gasteiger partial charge in [0.05, 0.1) is 30.8 Å². The number of fused-ring (bicyclic) bond motifs is 2. The van der Waals surface area contributed by atoms with Crippen molar-refractivity contribution in [3.8, 4) is 5.75 Å². The number of methoxy groups -OCH3 is 2. The van der Waals surface area contributed by atoms with Crippen molar-refractivity contribution in [2.45, 2.75) is 0 Å². The Morgan fingerprint density at radius 3 is 2.30 bits per heavy atom.